The van der Waals surface area contributed by atoms with E-state index in [1.54, 1.807) is 25.1 Å². The van der Waals surface area contributed by atoms with Crippen LogP contribution in [-0.2, 0) is 0 Å². The van der Waals surface area contributed by atoms with Gasteiger partial charge in [-0.25, -0.2) is 13.8 Å². The Labute approximate surface area is 105 Å². The van der Waals surface area contributed by atoms with Gasteiger partial charge in [-0.15, -0.1) is 5.10 Å². The number of carbonyl (C=O) groups is 1. The maximum Gasteiger partial charge on any atom is 0.283 e. The Hall–Kier alpha value is -1.96. The van der Waals surface area contributed by atoms with E-state index in [4.69, 9.17) is 0 Å². The van der Waals surface area contributed by atoms with Crippen molar-refractivity contribution in [2.75, 3.05) is 5.32 Å². The average molecular weight is 270 g/mol. The molecule has 0 radical (unpaired) electrons. The van der Waals surface area contributed by atoms with E-state index >= 15 is 0 Å². The Morgan fingerprint density at radius 1 is 1.44 bits per heavy atom. The maximum atomic E-state index is 12.5. The number of nitrogens with one attached hydrogen (secondary N) is 1. The van der Waals surface area contributed by atoms with E-state index in [1.165, 1.54) is 0 Å². The molecule has 0 atom stereocenters. The molecule has 0 saturated carbocycles. The highest BCUT2D eigenvalue weighted by Gasteiger charge is 2.23. The number of aromatic nitrogens is 3. The fourth-order valence-corrected chi connectivity index (χ4v) is 1.85. The minimum Gasteiger partial charge on any atom is -0.306 e. The summed E-state index contributed by atoms with van der Waals surface area (Å²) in [6.07, 6.45) is -2.82. The number of hydrogen-bond acceptors (Lipinski definition) is 5. The van der Waals surface area contributed by atoms with Crippen LogP contribution in [-0.4, -0.2) is 20.5 Å². The molecule has 18 heavy (non-hydrogen) atoms. The van der Waals surface area contributed by atoms with Gasteiger partial charge in [-0.2, -0.15) is 0 Å². The van der Waals surface area contributed by atoms with Crippen LogP contribution in [0.3, 0.4) is 0 Å². The molecule has 0 saturated heterocycles. The van der Waals surface area contributed by atoms with Gasteiger partial charge in [0.25, 0.3) is 12.3 Å². The number of pyridine rings is 1. The molecule has 0 aliphatic carbocycles. The summed E-state index contributed by atoms with van der Waals surface area (Å²) in [7, 11) is 0. The van der Waals surface area contributed by atoms with Crippen molar-refractivity contribution >= 4 is 23.3 Å². The zero-order valence-electron chi connectivity index (χ0n) is 9.22. The molecule has 0 aliphatic heterocycles. The van der Waals surface area contributed by atoms with Crippen LogP contribution in [0.25, 0.3) is 0 Å². The molecule has 0 aromatic carbocycles. The van der Waals surface area contributed by atoms with Gasteiger partial charge in [0.2, 0.25) is 0 Å². The smallest absolute Gasteiger partial charge is 0.283 e. The molecule has 0 aliphatic rings. The van der Waals surface area contributed by atoms with Gasteiger partial charge in [-0.3, -0.25) is 4.79 Å². The van der Waals surface area contributed by atoms with Crippen LogP contribution in [0, 0.1) is 6.92 Å². The molecular weight excluding hydrogens is 262 g/mol. The number of halogens is 2. The van der Waals surface area contributed by atoms with E-state index in [-0.39, 0.29) is 4.88 Å². The van der Waals surface area contributed by atoms with Gasteiger partial charge in [0.05, 0.1) is 0 Å². The van der Waals surface area contributed by atoms with E-state index in [1.807, 2.05) is 0 Å². The third kappa shape index (κ3) is 2.65. The highest BCUT2D eigenvalue weighted by molar-refractivity contribution is 7.08. The molecule has 1 N–H and O–H groups in total. The number of carbonyl (C=O) groups excluding carboxylic acids is 1. The zero-order chi connectivity index (χ0) is 13.1. The number of amides is 1. The van der Waals surface area contributed by atoms with Crippen molar-refractivity contribution in [2.45, 2.75) is 13.3 Å². The van der Waals surface area contributed by atoms with Crippen molar-refractivity contribution < 1.29 is 13.6 Å². The summed E-state index contributed by atoms with van der Waals surface area (Å²) >= 11 is 0.628. The molecule has 8 heteroatoms. The summed E-state index contributed by atoms with van der Waals surface area (Å²) in [6.45, 7) is 1.76. The summed E-state index contributed by atoms with van der Waals surface area (Å²) < 4.78 is 28.4. The Morgan fingerprint density at radius 3 is 2.89 bits per heavy atom. The molecule has 2 aromatic rings. The fraction of sp³-hybridized carbons (Fsp3) is 0.200. The Kier molecular flexibility index (Phi) is 3.56. The summed E-state index contributed by atoms with van der Waals surface area (Å²) in [5.74, 6) is -0.382. The molecule has 5 nitrogen and oxygen atoms in total. The average Bonchev–Trinajstić information content (AvgIpc) is 2.77. The van der Waals surface area contributed by atoms with E-state index in [0.29, 0.717) is 23.0 Å². The number of nitrogens with zero attached hydrogens (tertiary/aromatic N) is 3. The van der Waals surface area contributed by atoms with Crippen LogP contribution in [0.4, 0.5) is 14.6 Å². The molecule has 0 fully saturated rings. The first kappa shape index (κ1) is 12.5. The van der Waals surface area contributed by atoms with Crippen LogP contribution < -0.4 is 5.32 Å². The highest BCUT2D eigenvalue weighted by atomic mass is 32.1. The maximum absolute atomic E-state index is 12.5. The third-order valence-electron chi connectivity index (χ3n) is 2.06. The zero-order valence-corrected chi connectivity index (χ0v) is 10.0. The van der Waals surface area contributed by atoms with Crippen LogP contribution >= 0.6 is 11.5 Å². The molecule has 2 aromatic heterocycles. The molecule has 2 heterocycles. The topological polar surface area (TPSA) is 67.8 Å². The van der Waals surface area contributed by atoms with Gasteiger partial charge in [-0.1, -0.05) is 10.6 Å². The van der Waals surface area contributed by atoms with Gasteiger partial charge >= 0.3 is 0 Å². The molecule has 0 unspecified atom stereocenters. The number of anilines is 1. The second kappa shape index (κ2) is 5.13. The van der Waals surface area contributed by atoms with Crippen LogP contribution in [0.5, 0.6) is 0 Å². The normalized spacial score (nSPS) is 10.7. The molecule has 94 valence electrons. The predicted molar refractivity (Wildman–Crippen MR) is 61.8 cm³/mol. The first-order valence-electron chi connectivity index (χ1n) is 4.93. The lowest BCUT2D eigenvalue weighted by molar-refractivity contribution is 0.101. The van der Waals surface area contributed by atoms with Gasteiger partial charge in [0.1, 0.15) is 10.7 Å². The molecular formula is C10H8F2N4OS. The van der Waals surface area contributed by atoms with Gasteiger partial charge in [0.15, 0.2) is 5.69 Å². The van der Waals surface area contributed by atoms with E-state index in [9.17, 15) is 13.6 Å². The number of hydrogen-bond donors (Lipinski definition) is 1. The van der Waals surface area contributed by atoms with Crippen molar-refractivity contribution in [3.63, 3.8) is 0 Å². The van der Waals surface area contributed by atoms with Crippen molar-refractivity contribution in [3.05, 3.63) is 34.5 Å². The summed E-state index contributed by atoms with van der Waals surface area (Å²) in [6, 6.07) is 5.03. The largest absolute Gasteiger partial charge is 0.306 e. The third-order valence-corrected chi connectivity index (χ3v) is 2.80. The highest BCUT2D eigenvalue weighted by Crippen LogP contribution is 2.23. The molecule has 0 bridgehead atoms. The molecule has 0 spiro atoms. The minimum absolute atomic E-state index is 0.201. The molecule has 2 rings (SSSR count). The standard InChI is InChI=1S/C10H8F2N4OS/c1-5-3-2-4-6(13-5)14-10(17)8-7(9(11)12)15-16-18-8/h2-4,9H,1H3,(H,13,14,17). The van der Waals surface area contributed by atoms with E-state index in [0.717, 1.165) is 0 Å². The fourth-order valence-electron chi connectivity index (χ4n) is 1.28. The first-order valence-corrected chi connectivity index (χ1v) is 5.70. The SMILES string of the molecule is Cc1cccc(NC(=O)c2snnc2C(F)F)n1. The second-order valence-electron chi connectivity index (χ2n) is 3.41. The van der Waals surface area contributed by atoms with E-state index in [2.05, 4.69) is 19.9 Å². The predicted octanol–water partition coefficient (Wildman–Crippen LogP) is 2.43. The number of alkyl halides is 2. The van der Waals surface area contributed by atoms with Crippen molar-refractivity contribution in [1.82, 2.24) is 14.6 Å². The lowest BCUT2D eigenvalue weighted by Gasteiger charge is -2.04. The van der Waals surface area contributed by atoms with Crippen LogP contribution in [0.2, 0.25) is 0 Å². The Bertz CT molecular complexity index is 573. The Morgan fingerprint density at radius 2 is 2.22 bits per heavy atom. The van der Waals surface area contributed by atoms with Crippen LogP contribution in [0.15, 0.2) is 18.2 Å². The summed E-state index contributed by atoms with van der Waals surface area (Å²) in [4.78, 5) is 15.6. The Balaban J connectivity index is 2.20. The lowest BCUT2D eigenvalue weighted by atomic mass is 10.3. The quantitative estimate of drug-likeness (QED) is 0.930. The van der Waals surface area contributed by atoms with Gasteiger partial charge in [0, 0.05) is 5.69 Å². The van der Waals surface area contributed by atoms with Gasteiger partial charge < -0.3 is 5.32 Å². The van der Waals surface area contributed by atoms with Crippen molar-refractivity contribution in [3.8, 4) is 0 Å². The minimum atomic E-state index is -2.82. The monoisotopic (exact) mass is 270 g/mol. The van der Waals surface area contributed by atoms with Crippen LogP contribution in [0.1, 0.15) is 27.5 Å². The molecule has 1 amide bonds. The second-order valence-corrected chi connectivity index (χ2v) is 4.16. The summed E-state index contributed by atoms with van der Waals surface area (Å²) in [5.41, 5.74) is 0.106. The van der Waals surface area contributed by atoms with Crippen molar-refractivity contribution in [1.29, 1.82) is 0 Å². The number of rotatable bonds is 3. The van der Waals surface area contributed by atoms with Crippen molar-refractivity contribution in [2.24, 2.45) is 0 Å². The first-order chi connectivity index (χ1) is 8.58. The van der Waals surface area contributed by atoms with Gasteiger partial charge in [-0.05, 0) is 30.6 Å². The summed E-state index contributed by atoms with van der Waals surface area (Å²) in [5, 5.41) is 5.66. The van der Waals surface area contributed by atoms with E-state index < -0.39 is 18.0 Å². The lowest BCUT2D eigenvalue weighted by Crippen LogP contribution is -2.13. The number of aryl methyl sites for hydroxylation is 1.